The third-order valence-electron chi connectivity index (χ3n) is 4.44. The number of hydrogen-bond donors (Lipinski definition) is 0. The number of carbonyl (C=O) groups is 1. The Morgan fingerprint density at radius 3 is 2.73 bits per heavy atom. The van der Waals surface area contributed by atoms with E-state index >= 15 is 0 Å². The van der Waals surface area contributed by atoms with E-state index < -0.39 is 0 Å². The van der Waals surface area contributed by atoms with Crippen molar-refractivity contribution in [2.24, 2.45) is 17.3 Å². The monoisotopic (exact) mass is 206 g/mol. The van der Waals surface area contributed by atoms with E-state index in [0.29, 0.717) is 11.3 Å². The largest absolute Gasteiger partial charge is 0.303 e. The van der Waals surface area contributed by atoms with E-state index in [1.54, 1.807) is 11.1 Å². The first-order valence-corrected chi connectivity index (χ1v) is 6.21. The lowest BCUT2D eigenvalue weighted by Crippen LogP contribution is -2.30. The zero-order valence-corrected chi connectivity index (χ0v) is 10.2. The fourth-order valence-corrected chi connectivity index (χ4v) is 3.33. The van der Waals surface area contributed by atoms with Crippen molar-refractivity contribution < 1.29 is 4.79 Å². The minimum absolute atomic E-state index is 0.279. The maximum Gasteiger partial charge on any atom is 0.123 e. The highest BCUT2D eigenvalue weighted by Gasteiger charge is 2.36. The third kappa shape index (κ3) is 1.89. The molecule has 0 aromatic carbocycles. The Bertz CT molecular complexity index is 298. The molecule has 0 amide bonds. The molecule has 2 atom stereocenters. The van der Waals surface area contributed by atoms with E-state index in [4.69, 9.17) is 0 Å². The molecule has 0 N–H and O–H groups in total. The Morgan fingerprint density at radius 2 is 2.07 bits per heavy atom. The van der Waals surface area contributed by atoms with Gasteiger partial charge in [-0.3, -0.25) is 0 Å². The number of aldehydes is 1. The summed E-state index contributed by atoms with van der Waals surface area (Å²) < 4.78 is 0. The molecular weight excluding hydrogens is 184 g/mol. The van der Waals surface area contributed by atoms with Gasteiger partial charge in [-0.15, -0.1) is 0 Å². The fourth-order valence-electron chi connectivity index (χ4n) is 3.33. The highest BCUT2D eigenvalue weighted by Crippen LogP contribution is 2.48. The van der Waals surface area contributed by atoms with Crippen molar-refractivity contribution >= 4 is 6.29 Å². The van der Waals surface area contributed by atoms with Gasteiger partial charge in [0.05, 0.1) is 0 Å². The van der Waals surface area contributed by atoms with Gasteiger partial charge in [-0.25, -0.2) is 0 Å². The molecule has 0 saturated heterocycles. The second-order valence-electron chi connectivity index (χ2n) is 6.01. The van der Waals surface area contributed by atoms with Crippen LogP contribution < -0.4 is 0 Å². The van der Waals surface area contributed by atoms with Gasteiger partial charge < -0.3 is 4.79 Å². The van der Waals surface area contributed by atoms with Gasteiger partial charge in [-0.1, -0.05) is 31.9 Å². The smallest absolute Gasteiger partial charge is 0.123 e. The molecular formula is C14H22O. The van der Waals surface area contributed by atoms with Gasteiger partial charge in [0.1, 0.15) is 6.29 Å². The predicted molar refractivity (Wildman–Crippen MR) is 62.6 cm³/mol. The topological polar surface area (TPSA) is 17.1 Å². The van der Waals surface area contributed by atoms with E-state index in [1.165, 1.54) is 32.0 Å². The highest BCUT2D eigenvalue weighted by molar-refractivity contribution is 5.56. The minimum atomic E-state index is 0.279. The number of carbonyl (C=O) groups excluding carboxylic acids is 1. The first-order valence-electron chi connectivity index (χ1n) is 6.21. The van der Waals surface area contributed by atoms with Gasteiger partial charge in [-0.05, 0) is 43.4 Å². The van der Waals surface area contributed by atoms with E-state index in [2.05, 4.69) is 20.8 Å². The summed E-state index contributed by atoms with van der Waals surface area (Å²) in [6, 6.07) is 0. The summed E-state index contributed by atoms with van der Waals surface area (Å²) in [4.78, 5) is 11.0. The Balaban J connectivity index is 2.30. The summed E-state index contributed by atoms with van der Waals surface area (Å²) in [6.07, 6.45) is 7.30. The molecule has 0 radical (unpaired) electrons. The van der Waals surface area contributed by atoms with Crippen molar-refractivity contribution in [1.29, 1.82) is 0 Å². The molecule has 2 rings (SSSR count). The zero-order chi connectivity index (χ0) is 11.1. The van der Waals surface area contributed by atoms with E-state index in [-0.39, 0.29) is 5.92 Å². The quantitative estimate of drug-likeness (QED) is 0.472. The molecule has 0 spiro atoms. The first-order chi connectivity index (χ1) is 7.04. The van der Waals surface area contributed by atoms with Crippen molar-refractivity contribution in [3.05, 3.63) is 11.1 Å². The van der Waals surface area contributed by atoms with Crippen molar-refractivity contribution in [1.82, 2.24) is 0 Å². The number of hydrogen-bond acceptors (Lipinski definition) is 1. The van der Waals surface area contributed by atoms with Gasteiger partial charge in [-0.2, -0.15) is 0 Å². The molecule has 84 valence electrons. The normalized spacial score (nSPS) is 34.9. The highest BCUT2D eigenvalue weighted by atomic mass is 16.1. The van der Waals surface area contributed by atoms with E-state index in [9.17, 15) is 4.79 Å². The minimum Gasteiger partial charge on any atom is -0.303 e. The molecule has 0 aromatic heterocycles. The van der Waals surface area contributed by atoms with Crippen LogP contribution in [0.4, 0.5) is 0 Å². The van der Waals surface area contributed by atoms with Crippen LogP contribution in [-0.4, -0.2) is 6.29 Å². The Labute approximate surface area is 92.9 Å². The average Bonchev–Trinajstić information content (AvgIpc) is 2.16. The molecule has 15 heavy (non-hydrogen) atoms. The molecule has 0 aliphatic heterocycles. The average molecular weight is 206 g/mol. The van der Waals surface area contributed by atoms with Gasteiger partial charge in [0.15, 0.2) is 0 Å². The number of rotatable bonds is 1. The lowest BCUT2D eigenvalue weighted by atomic mass is 9.63. The van der Waals surface area contributed by atoms with E-state index in [0.717, 1.165) is 6.42 Å². The second-order valence-corrected chi connectivity index (χ2v) is 6.01. The van der Waals surface area contributed by atoms with Gasteiger partial charge in [0, 0.05) is 5.92 Å². The summed E-state index contributed by atoms with van der Waals surface area (Å²) >= 11 is 0. The van der Waals surface area contributed by atoms with Crippen LogP contribution in [0.15, 0.2) is 11.1 Å². The third-order valence-corrected chi connectivity index (χ3v) is 4.44. The van der Waals surface area contributed by atoms with Gasteiger partial charge in [0.2, 0.25) is 0 Å². The van der Waals surface area contributed by atoms with Crippen molar-refractivity contribution in [3.8, 4) is 0 Å². The van der Waals surface area contributed by atoms with Crippen LogP contribution in [-0.2, 0) is 4.79 Å². The van der Waals surface area contributed by atoms with Crippen molar-refractivity contribution in [2.75, 3.05) is 0 Å². The first kappa shape index (κ1) is 10.9. The molecule has 0 fully saturated rings. The standard InChI is InChI=1S/C14H22O/c1-10-7-11-5-4-6-14(2,3)13(11)8-12(10)9-15/h9-10,12H,4-8H2,1-3H3/t10-,12+/m0/s1. The summed E-state index contributed by atoms with van der Waals surface area (Å²) in [5, 5.41) is 0. The summed E-state index contributed by atoms with van der Waals surface area (Å²) in [6.45, 7) is 6.92. The SMILES string of the molecule is C[C@H]1CC2=C(C[C@@H]1C=O)C(C)(C)CCC2. The molecule has 1 heteroatoms. The Hall–Kier alpha value is -0.590. The van der Waals surface area contributed by atoms with Gasteiger partial charge in [0.25, 0.3) is 0 Å². The molecule has 2 aliphatic carbocycles. The lowest BCUT2D eigenvalue weighted by molar-refractivity contribution is -0.112. The molecule has 0 heterocycles. The van der Waals surface area contributed by atoms with Crippen LogP contribution in [0.5, 0.6) is 0 Å². The van der Waals surface area contributed by atoms with Crippen LogP contribution in [0.25, 0.3) is 0 Å². The van der Waals surface area contributed by atoms with E-state index in [1.807, 2.05) is 0 Å². The Kier molecular flexibility index (Phi) is 2.74. The summed E-state index contributed by atoms with van der Waals surface area (Å²) in [5.74, 6) is 0.844. The number of allylic oxidation sites excluding steroid dienone is 2. The van der Waals surface area contributed by atoms with Crippen LogP contribution in [0.1, 0.15) is 52.9 Å². The van der Waals surface area contributed by atoms with Crippen molar-refractivity contribution in [3.63, 3.8) is 0 Å². The summed E-state index contributed by atoms with van der Waals surface area (Å²) in [5.41, 5.74) is 3.65. The van der Waals surface area contributed by atoms with Crippen LogP contribution in [0, 0.1) is 17.3 Å². The predicted octanol–water partition coefficient (Wildman–Crippen LogP) is 3.74. The maximum absolute atomic E-state index is 11.0. The second kappa shape index (κ2) is 3.77. The van der Waals surface area contributed by atoms with Crippen LogP contribution >= 0.6 is 0 Å². The van der Waals surface area contributed by atoms with Crippen molar-refractivity contribution in [2.45, 2.75) is 52.9 Å². The maximum atomic E-state index is 11.0. The van der Waals surface area contributed by atoms with Crippen LogP contribution in [0.3, 0.4) is 0 Å². The molecule has 2 aliphatic rings. The fraction of sp³-hybridized carbons (Fsp3) is 0.786. The molecule has 0 bridgehead atoms. The molecule has 0 saturated carbocycles. The molecule has 0 unspecified atom stereocenters. The Morgan fingerprint density at radius 1 is 1.33 bits per heavy atom. The van der Waals surface area contributed by atoms with Crippen LogP contribution in [0.2, 0.25) is 0 Å². The molecule has 1 nitrogen and oxygen atoms in total. The molecule has 0 aromatic rings. The summed E-state index contributed by atoms with van der Waals surface area (Å²) in [7, 11) is 0. The zero-order valence-electron chi connectivity index (χ0n) is 10.2. The van der Waals surface area contributed by atoms with Gasteiger partial charge >= 0.3 is 0 Å². The lowest BCUT2D eigenvalue weighted by Gasteiger charge is -2.41.